The minimum Gasteiger partial charge on any atom is -0.492 e. The van der Waals surface area contributed by atoms with Crippen molar-refractivity contribution in [3.63, 3.8) is 0 Å². The highest BCUT2D eigenvalue weighted by molar-refractivity contribution is 5.99. The Morgan fingerprint density at radius 2 is 1.92 bits per heavy atom. The van der Waals surface area contributed by atoms with Gasteiger partial charge in [-0.2, -0.15) is 0 Å². The molecule has 124 valence electrons. The van der Waals surface area contributed by atoms with Crippen LogP contribution in [-0.2, 0) is 11.2 Å². The molecule has 1 aliphatic rings. The summed E-state index contributed by atoms with van der Waals surface area (Å²) in [6.07, 6.45) is 0.649. The van der Waals surface area contributed by atoms with Crippen LogP contribution < -0.4 is 15.4 Å². The lowest BCUT2D eigenvalue weighted by Gasteiger charge is -2.25. The van der Waals surface area contributed by atoms with Gasteiger partial charge in [0.1, 0.15) is 12.4 Å². The van der Waals surface area contributed by atoms with Crippen LogP contribution in [0.25, 0.3) is 0 Å². The zero-order chi connectivity index (χ0) is 17.1. The molecule has 0 saturated carbocycles. The fraction of sp³-hybridized carbons (Fsp3) is 0.263. The van der Waals surface area contributed by atoms with Gasteiger partial charge in [0.25, 0.3) is 5.91 Å². The van der Waals surface area contributed by atoms with Gasteiger partial charge in [-0.05, 0) is 42.7 Å². The van der Waals surface area contributed by atoms with Gasteiger partial charge in [-0.1, -0.05) is 24.3 Å². The lowest BCUT2D eigenvalue weighted by atomic mass is 9.95. The quantitative estimate of drug-likeness (QED) is 0.912. The third kappa shape index (κ3) is 3.11. The molecule has 1 unspecified atom stereocenters. The van der Waals surface area contributed by atoms with Crippen molar-refractivity contribution in [1.82, 2.24) is 5.32 Å². The molecule has 1 aliphatic heterocycles. The summed E-state index contributed by atoms with van der Waals surface area (Å²) in [7, 11) is 1.59. The molecule has 0 saturated heterocycles. The van der Waals surface area contributed by atoms with Crippen LogP contribution in [0, 0.1) is 12.8 Å². The van der Waals surface area contributed by atoms with Gasteiger partial charge in [-0.25, -0.2) is 0 Å². The van der Waals surface area contributed by atoms with Crippen molar-refractivity contribution in [2.45, 2.75) is 13.3 Å². The second-order valence-corrected chi connectivity index (χ2v) is 5.87. The van der Waals surface area contributed by atoms with Crippen molar-refractivity contribution in [2.24, 2.45) is 5.92 Å². The molecular weight excluding hydrogens is 304 g/mol. The molecule has 24 heavy (non-hydrogen) atoms. The number of anilines is 1. The van der Waals surface area contributed by atoms with Gasteiger partial charge in [0.15, 0.2) is 0 Å². The maximum atomic E-state index is 12.6. The molecule has 0 bridgehead atoms. The number of carbonyl (C=O) groups is 2. The first kappa shape index (κ1) is 16.1. The number of hydrogen-bond donors (Lipinski definition) is 2. The highest BCUT2D eigenvalue weighted by atomic mass is 16.5. The number of para-hydroxylation sites is 1. The smallest absolute Gasteiger partial charge is 0.251 e. The zero-order valence-corrected chi connectivity index (χ0v) is 13.8. The Hall–Kier alpha value is -2.82. The van der Waals surface area contributed by atoms with E-state index in [1.54, 1.807) is 25.2 Å². The number of amides is 2. The lowest BCUT2D eigenvalue weighted by molar-refractivity contribution is -0.121. The van der Waals surface area contributed by atoms with Crippen molar-refractivity contribution in [3.05, 3.63) is 59.2 Å². The van der Waals surface area contributed by atoms with Crippen LogP contribution in [0.3, 0.4) is 0 Å². The van der Waals surface area contributed by atoms with Crippen molar-refractivity contribution < 1.29 is 14.3 Å². The molecule has 2 aromatic carbocycles. The van der Waals surface area contributed by atoms with Crippen molar-refractivity contribution >= 4 is 17.5 Å². The standard InChI is InChI=1S/C19H20N2O3/c1-12-15(19(23)20-2)7-5-8-16(12)21-18(22)14-10-13-6-3-4-9-17(13)24-11-14/h3-9,14H,10-11H2,1-2H3,(H,20,23)(H,21,22). The van der Waals surface area contributed by atoms with Gasteiger partial charge in [0, 0.05) is 18.3 Å². The SMILES string of the molecule is CNC(=O)c1cccc(NC(=O)C2COc3ccccc3C2)c1C. The lowest BCUT2D eigenvalue weighted by Crippen LogP contribution is -2.33. The molecule has 0 fully saturated rings. The zero-order valence-electron chi connectivity index (χ0n) is 13.8. The van der Waals surface area contributed by atoms with Gasteiger partial charge in [-0.15, -0.1) is 0 Å². The van der Waals surface area contributed by atoms with Crippen LogP contribution in [0.2, 0.25) is 0 Å². The topological polar surface area (TPSA) is 67.4 Å². The molecule has 3 rings (SSSR count). The van der Waals surface area contributed by atoms with E-state index in [1.165, 1.54) is 0 Å². The Morgan fingerprint density at radius 3 is 2.71 bits per heavy atom. The van der Waals surface area contributed by atoms with E-state index in [0.29, 0.717) is 24.3 Å². The summed E-state index contributed by atoms with van der Waals surface area (Å²) in [5.74, 6) is 0.336. The van der Waals surface area contributed by atoms with Crippen LogP contribution in [0.5, 0.6) is 5.75 Å². The minimum atomic E-state index is -0.247. The molecule has 1 heterocycles. The Kier molecular flexibility index (Phi) is 4.51. The van der Waals surface area contributed by atoms with Crippen molar-refractivity contribution in [2.75, 3.05) is 19.0 Å². The Labute approximate surface area is 141 Å². The molecule has 2 aromatic rings. The Balaban J connectivity index is 1.75. The third-order valence-corrected chi connectivity index (χ3v) is 4.31. The number of fused-ring (bicyclic) bond motifs is 1. The molecule has 0 aliphatic carbocycles. The van der Waals surface area contributed by atoms with Crippen LogP contribution >= 0.6 is 0 Å². The summed E-state index contributed by atoms with van der Waals surface area (Å²) >= 11 is 0. The largest absolute Gasteiger partial charge is 0.492 e. The summed E-state index contributed by atoms with van der Waals surface area (Å²) in [6, 6.07) is 13.1. The average Bonchev–Trinajstić information content (AvgIpc) is 2.62. The first-order valence-corrected chi connectivity index (χ1v) is 7.93. The number of carbonyl (C=O) groups excluding carboxylic acids is 2. The summed E-state index contributed by atoms with van der Waals surface area (Å²) in [5.41, 5.74) is 3.00. The molecular formula is C19H20N2O3. The van der Waals surface area contributed by atoms with Crippen molar-refractivity contribution in [3.8, 4) is 5.75 Å². The predicted octanol–water partition coefficient (Wildman–Crippen LogP) is 2.54. The second-order valence-electron chi connectivity index (χ2n) is 5.87. The van der Waals surface area contributed by atoms with Crippen LogP contribution in [-0.4, -0.2) is 25.5 Å². The maximum Gasteiger partial charge on any atom is 0.251 e. The molecule has 2 N–H and O–H groups in total. The maximum absolute atomic E-state index is 12.6. The number of ether oxygens (including phenoxy) is 1. The number of hydrogen-bond acceptors (Lipinski definition) is 3. The van der Waals surface area contributed by atoms with Crippen LogP contribution in [0.1, 0.15) is 21.5 Å². The first-order chi connectivity index (χ1) is 11.6. The van der Waals surface area contributed by atoms with E-state index in [-0.39, 0.29) is 17.7 Å². The molecule has 1 atom stereocenters. The molecule has 2 amide bonds. The van der Waals surface area contributed by atoms with Crippen molar-refractivity contribution in [1.29, 1.82) is 0 Å². The highest BCUT2D eigenvalue weighted by Crippen LogP contribution is 2.28. The van der Waals surface area contributed by atoms with Gasteiger partial charge in [-0.3, -0.25) is 9.59 Å². The summed E-state index contributed by atoms with van der Waals surface area (Å²) < 4.78 is 5.68. The fourth-order valence-electron chi connectivity index (χ4n) is 2.88. The molecule has 0 radical (unpaired) electrons. The van der Waals surface area contributed by atoms with Gasteiger partial charge in [0.05, 0.1) is 5.92 Å². The summed E-state index contributed by atoms with van der Waals surface area (Å²) in [5, 5.41) is 5.54. The van der Waals surface area contributed by atoms with E-state index in [1.807, 2.05) is 31.2 Å². The normalized spacial score (nSPS) is 15.8. The van der Waals surface area contributed by atoms with E-state index in [0.717, 1.165) is 16.9 Å². The van der Waals surface area contributed by atoms with Crippen LogP contribution in [0.4, 0.5) is 5.69 Å². The Bertz CT molecular complexity index is 786. The van der Waals surface area contributed by atoms with Gasteiger partial charge in [0.2, 0.25) is 5.91 Å². The van der Waals surface area contributed by atoms with E-state index in [9.17, 15) is 9.59 Å². The van der Waals surface area contributed by atoms with E-state index >= 15 is 0 Å². The highest BCUT2D eigenvalue weighted by Gasteiger charge is 2.26. The van der Waals surface area contributed by atoms with Gasteiger partial charge < -0.3 is 15.4 Å². The fourth-order valence-corrected chi connectivity index (χ4v) is 2.88. The molecule has 0 spiro atoms. The predicted molar refractivity (Wildman–Crippen MR) is 92.3 cm³/mol. The summed E-state index contributed by atoms with van der Waals surface area (Å²) in [4.78, 5) is 24.5. The van der Waals surface area contributed by atoms with E-state index < -0.39 is 0 Å². The second kappa shape index (κ2) is 6.74. The van der Waals surface area contributed by atoms with E-state index in [2.05, 4.69) is 10.6 Å². The number of rotatable bonds is 3. The first-order valence-electron chi connectivity index (χ1n) is 7.93. The monoisotopic (exact) mass is 324 g/mol. The minimum absolute atomic E-state index is 0.0957. The summed E-state index contributed by atoms with van der Waals surface area (Å²) in [6.45, 7) is 2.18. The molecule has 5 nitrogen and oxygen atoms in total. The number of nitrogens with one attached hydrogen (secondary N) is 2. The molecule has 5 heteroatoms. The average molecular weight is 324 g/mol. The Morgan fingerprint density at radius 1 is 1.12 bits per heavy atom. The third-order valence-electron chi connectivity index (χ3n) is 4.31. The van der Waals surface area contributed by atoms with Crippen LogP contribution in [0.15, 0.2) is 42.5 Å². The molecule has 0 aromatic heterocycles. The van der Waals surface area contributed by atoms with E-state index in [4.69, 9.17) is 4.74 Å². The number of benzene rings is 2. The van der Waals surface area contributed by atoms with Gasteiger partial charge >= 0.3 is 0 Å².